The molecular weight excluding hydrogens is 285 g/mol. The zero-order valence-corrected chi connectivity index (χ0v) is 11.1. The van der Waals surface area contributed by atoms with E-state index in [9.17, 15) is 13.7 Å². The Morgan fingerprint density at radius 2 is 1.50 bits per heavy atom. The fourth-order valence-corrected chi connectivity index (χ4v) is 5.29. The fourth-order valence-electron chi connectivity index (χ4n) is 0.553. The second-order valence-corrected chi connectivity index (χ2v) is 9.72. The minimum atomic E-state index is -5.46. The number of hydrogen-bond donors (Lipinski definition) is 4. The first kappa shape index (κ1) is 16.4. The molecule has 0 bridgehead atoms. The van der Waals surface area contributed by atoms with Crippen molar-refractivity contribution in [1.29, 1.82) is 0 Å². The first-order chi connectivity index (χ1) is 6.91. The summed E-state index contributed by atoms with van der Waals surface area (Å²) in [5, 5.41) is 0. The molecule has 0 aliphatic heterocycles. The molecule has 0 aromatic carbocycles. The lowest BCUT2D eigenvalue weighted by atomic mass is 10.3. The first-order valence-corrected chi connectivity index (χ1v) is 9.41. The molecule has 0 aromatic heterocycles. The number of hydrogen-bond acceptors (Lipinski definition) is 5. The van der Waals surface area contributed by atoms with Crippen molar-refractivity contribution >= 4 is 22.4 Å². The van der Waals surface area contributed by atoms with Crippen LogP contribution in [0.1, 0.15) is 20.3 Å². The summed E-state index contributed by atoms with van der Waals surface area (Å²) in [4.78, 5) is 34.5. The van der Waals surface area contributed by atoms with Crippen LogP contribution in [0.15, 0.2) is 0 Å². The van der Waals surface area contributed by atoms with Gasteiger partial charge < -0.3 is 19.6 Å². The maximum Gasteiger partial charge on any atom is 0.477 e. The van der Waals surface area contributed by atoms with Crippen LogP contribution in [0.5, 0.6) is 0 Å². The van der Waals surface area contributed by atoms with Gasteiger partial charge in [0.1, 0.15) is 0 Å². The fraction of sp³-hybridized carbons (Fsp3) is 1.00. The predicted octanol–water partition coefficient (Wildman–Crippen LogP) is 1.20. The Bertz CT molecular complexity index is 371. The van der Waals surface area contributed by atoms with Gasteiger partial charge in [-0.3, -0.25) is 4.52 Å². The van der Waals surface area contributed by atoms with Crippen LogP contribution < -0.4 is 0 Å². The molecule has 0 spiro atoms. The molecule has 0 saturated carbocycles. The van der Waals surface area contributed by atoms with E-state index < -0.39 is 28.5 Å². The van der Waals surface area contributed by atoms with Gasteiger partial charge in [-0.25, -0.2) is 13.7 Å². The maximum absolute atomic E-state index is 11.2. The van der Waals surface area contributed by atoms with Crippen molar-refractivity contribution in [3.63, 3.8) is 0 Å². The van der Waals surface area contributed by atoms with Gasteiger partial charge in [0.2, 0.25) is 0 Å². The van der Waals surface area contributed by atoms with Crippen molar-refractivity contribution < 1.29 is 42.1 Å². The molecule has 9 nitrogen and oxygen atoms in total. The lowest BCUT2D eigenvalue weighted by molar-refractivity contribution is 0.186. The van der Waals surface area contributed by atoms with Gasteiger partial charge in [-0.05, 0) is 13.3 Å². The molecule has 0 saturated heterocycles. The summed E-state index contributed by atoms with van der Waals surface area (Å²) < 4.78 is 40.3. The Labute approximate surface area is 91.6 Å². The van der Waals surface area contributed by atoms with Gasteiger partial charge in [0.05, 0.1) is 6.10 Å². The summed E-state index contributed by atoms with van der Waals surface area (Å²) in [6.45, 7) is 2.93. The minimum Gasteiger partial charge on any atom is -0.316 e. The van der Waals surface area contributed by atoms with Crippen LogP contribution in [0.3, 0.4) is 0 Å². The van der Waals surface area contributed by atoms with Crippen LogP contribution in [0.4, 0.5) is 0 Å². The van der Waals surface area contributed by atoms with Gasteiger partial charge in [0.15, 0.2) is 0 Å². The van der Waals surface area contributed by atoms with E-state index in [2.05, 4.69) is 8.83 Å². The molecule has 98 valence electrons. The van der Waals surface area contributed by atoms with E-state index in [0.29, 0.717) is 0 Å². The van der Waals surface area contributed by atoms with Gasteiger partial charge in [0.25, 0.3) is 0 Å². The van der Waals surface area contributed by atoms with Crippen LogP contribution in [0.25, 0.3) is 0 Å². The molecule has 3 atom stereocenters. The third-order valence-corrected chi connectivity index (χ3v) is 7.26. The molecule has 12 heteroatoms. The Balaban J connectivity index is 4.93. The molecule has 4 N–H and O–H groups in total. The molecule has 0 amide bonds. The van der Waals surface area contributed by atoms with Gasteiger partial charge in [0, 0.05) is 0 Å². The summed E-state index contributed by atoms with van der Waals surface area (Å²) in [6, 6.07) is 0. The minimum absolute atomic E-state index is 0.264. The zero-order valence-electron chi connectivity index (χ0n) is 8.46. The molecule has 0 aromatic rings. The molecule has 16 heavy (non-hydrogen) atoms. The standard InChI is InChI=1S/C4H13O9P3/c1-3-4(2)12-15(8,9)16(10,11)13-14(5,6)7/h4H,3H2,1-2H3,(H,8,9)(H,10,11)(H2,5,6,7). The van der Waals surface area contributed by atoms with Crippen LogP contribution in [-0.4, -0.2) is 25.7 Å². The Kier molecular flexibility index (Phi) is 5.55. The highest BCUT2D eigenvalue weighted by atomic mass is 32.1. The first-order valence-electron chi connectivity index (χ1n) is 4.02. The lowest BCUT2D eigenvalue weighted by Crippen LogP contribution is -2.05. The average Bonchev–Trinajstić information content (AvgIpc) is 1.98. The second kappa shape index (κ2) is 5.40. The summed E-state index contributed by atoms with van der Waals surface area (Å²) in [5.74, 6) is 0. The monoisotopic (exact) mass is 298 g/mol. The summed E-state index contributed by atoms with van der Waals surface area (Å²) in [6.07, 6.45) is -0.572. The maximum atomic E-state index is 11.2. The van der Waals surface area contributed by atoms with Crippen molar-refractivity contribution in [1.82, 2.24) is 0 Å². The van der Waals surface area contributed by atoms with E-state index in [-0.39, 0.29) is 6.42 Å². The molecule has 0 radical (unpaired) electrons. The second-order valence-electron chi connectivity index (χ2n) is 2.88. The third kappa shape index (κ3) is 5.19. The molecule has 0 fully saturated rings. The van der Waals surface area contributed by atoms with E-state index in [0.717, 1.165) is 0 Å². The van der Waals surface area contributed by atoms with E-state index in [1.165, 1.54) is 6.92 Å². The zero-order chi connectivity index (χ0) is 13.2. The van der Waals surface area contributed by atoms with Crippen molar-refractivity contribution in [2.75, 3.05) is 0 Å². The van der Waals surface area contributed by atoms with Gasteiger partial charge in [-0.1, -0.05) is 6.92 Å². The molecular formula is C4H13O9P3. The number of phosphoric acid groups is 1. The van der Waals surface area contributed by atoms with E-state index >= 15 is 0 Å². The highest BCUT2D eigenvalue weighted by molar-refractivity contribution is 8.27. The van der Waals surface area contributed by atoms with Gasteiger partial charge >= 0.3 is 22.4 Å². The van der Waals surface area contributed by atoms with E-state index in [1.54, 1.807) is 6.92 Å². The largest absolute Gasteiger partial charge is 0.477 e. The van der Waals surface area contributed by atoms with E-state index in [1.807, 2.05) is 0 Å². The normalized spacial score (nSPS) is 22.1. The van der Waals surface area contributed by atoms with Crippen LogP contribution >= 0.6 is 22.4 Å². The third-order valence-electron chi connectivity index (χ3n) is 1.42. The van der Waals surface area contributed by atoms with Crippen molar-refractivity contribution in [2.24, 2.45) is 0 Å². The topological polar surface area (TPSA) is 151 Å². The predicted molar refractivity (Wildman–Crippen MR) is 53.6 cm³/mol. The smallest absolute Gasteiger partial charge is 0.316 e. The molecule has 3 unspecified atom stereocenters. The lowest BCUT2D eigenvalue weighted by Gasteiger charge is -2.20. The van der Waals surface area contributed by atoms with E-state index in [4.69, 9.17) is 19.6 Å². The quantitative estimate of drug-likeness (QED) is 0.530. The van der Waals surface area contributed by atoms with Crippen LogP contribution in [0.2, 0.25) is 0 Å². The summed E-state index contributed by atoms with van der Waals surface area (Å²) >= 11 is 0. The SMILES string of the molecule is CCC(C)OP(=O)(O)P(=O)(O)OP(=O)(O)O. The highest BCUT2D eigenvalue weighted by Crippen LogP contribution is 2.82. The summed E-state index contributed by atoms with van der Waals surface area (Å²) in [5.41, 5.74) is 0. The van der Waals surface area contributed by atoms with Gasteiger partial charge in [-0.15, -0.1) is 0 Å². The van der Waals surface area contributed by atoms with Gasteiger partial charge in [-0.2, -0.15) is 4.31 Å². The molecule has 0 heterocycles. The molecule has 0 aliphatic carbocycles. The Morgan fingerprint density at radius 3 is 1.81 bits per heavy atom. The average molecular weight is 298 g/mol. The molecule has 0 aliphatic rings. The van der Waals surface area contributed by atoms with Crippen LogP contribution in [-0.2, 0) is 22.5 Å². The van der Waals surface area contributed by atoms with Crippen molar-refractivity contribution in [3.05, 3.63) is 0 Å². The van der Waals surface area contributed by atoms with Crippen LogP contribution in [0, 0.1) is 0 Å². The van der Waals surface area contributed by atoms with Crippen molar-refractivity contribution in [3.8, 4) is 0 Å². The molecule has 0 rings (SSSR count). The Hall–Kier alpha value is 0.450. The Morgan fingerprint density at radius 1 is 1.06 bits per heavy atom. The summed E-state index contributed by atoms with van der Waals surface area (Å²) in [7, 11) is -16.0. The van der Waals surface area contributed by atoms with Crippen molar-refractivity contribution in [2.45, 2.75) is 26.4 Å². The number of rotatable bonds is 6. The highest BCUT2D eigenvalue weighted by Gasteiger charge is 2.50.